The lowest BCUT2D eigenvalue weighted by atomic mass is 9.95. The van der Waals surface area contributed by atoms with Gasteiger partial charge in [-0.15, -0.1) is 0 Å². The van der Waals surface area contributed by atoms with Crippen LogP contribution in [0, 0.1) is 11.8 Å². The third-order valence-corrected chi connectivity index (χ3v) is 5.53. The highest BCUT2D eigenvalue weighted by molar-refractivity contribution is 5.89. The molecule has 2 unspecified atom stereocenters. The van der Waals surface area contributed by atoms with Gasteiger partial charge in [-0.25, -0.2) is 0 Å². The van der Waals surface area contributed by atoms with E-state index < -0.39 is 0 Å². The third-order valence-electron chi connectivity index (χ3n) is 5.53. The molecule has 1 aromatic carbocycles. The highest BCUT2D eigenvalue weighted by atomic mass is 16.2. The number of hydrogen-bond acceptors (Lipinski definition) is 3. The summed E-state index contributed by atoms with van der Waals surface area (Å²) in [5.74, 6) is -0.293. The number of carbonyl (C=O) groups excluding carboxylic acids is 3. The first-order valence-corrected chi connectivity index (χ1v) is 9.96. The van der Waals surface area contributed by atoms with Crippen LogP contribution in [-0.4, -0.2) is 60.2 Å². The van der Waals surface area contributed by atoms with Crippen LogP contribution in [0.2, 0.25) is 0 Å². The van der Waals surface area contributed by atoms with Crippen molar-refractivity contribution in [1.29, 1.82) is 0 Å². The monoisotopic (exact) mass is 371 g/mol. The van der Waals surface area contributed by atoms with Crippen LogP contribution in [0.3, 0.4) is 0 Å². The van der Waals surface area contributed by atoms with E-state index >= 15 is 0 Å². The predicted octanol–water partition coefficient (Wildman–Crippen LogP) is 1.45. The summed E-state index contributed by atoms with van der Waals surface area (Å²) >= 11 is 0. The topological polar surface area (TPSA) is 69.7 Å². The van der Waals surface area contributed by atoms with Crippen LogP contribution in [-0.2, 0) is 20.8 Å². The van der Waals surface area contributed by atoms with Gasteiger partial charge in [-0.1, -0.05) is 30.3 Å². The van der Waals surface area contributed by atoms with Gasteiger partial charge in [0.15, 0.2) is 0 Å². The lowest BCUT2D eigenvalue weighted by Gasteiger charge is -2.33. The fraction of sp³-hybridized carbons (Fsp3) is 0.571. The minimum atomic E-state index is -0.277. The van der Waals surface area contributed by atoms with Gasteiger partial charge in [0.2, 0.25) is 17.7 Å². The molecule has 27 heavy (non-hydrogen) atoms. The van der Waals surface area contributed by atoms with Gasteiger partial charge in [0.05, 0.1) is 11.8 Å². The summed E-state index contributed by atoms with van der Waals surface area (Å²) < 4.78 is 0. The predicted molar refractivity (Wildman–Crippen MR) is 103 cm³/mol. The normalized spacial score (nSPS) is 22.8. The fourth-order valence-electron chi connectivity index (χ4n) is 4.03. The molecule has 2 heterocycles. The van der Waals surface area contributed by atoms with Gasteiger partial charge in [-0.2, -0.15) is 0 Å². The summed E-state index contributed by atoms with van der Waals surface area (Å²) in [7, 11) is 0. The molecule has 0 spiro atoms. The molecule has 0 saturated carbocycles. The Morgan fingerprint density at radius 1 is 1.15 bits per heavy atom. The van der Waals surface area contributed by atoms with Crippen LogP contribution in [0.25, 0.3) is 0 Å². The van der Waals surface area contributed by atoms with Crippen LogP contribution < -0.4 is 5.32 Å². The average Bonchev–Trinajstić information content (AvgIpc) is 3.07. The number of hydrogen-bond donors (Lipinski definition) is 1. The number of benzene rings is 1. The standard InChI is InChI=1S/C21H29N3O3/c1-2-22-20(26)17-9-6-11-24(14-17)21(27)18-13-19(25)23(15-18)12-10-16-7-4-3-5-8-16/h3-5,7-8,17-18H,2,6,9-15H2,1H3,(H,22,26). The van der Waals surface area contributed by atoms with E-state index in [-0.39, 0.29) is 36.0 Å². The molecule has 146 valence electrons. The van der Waals surface area contributed by atoms with E-state index in [9.17, 15) is 14.4 Å². The summed E-state index contributed by atoms with van der Waals surface area (Å²) in [6.07, 6.45) is 2.75. The molecule has 1 aromatic rings. The second-order valence-electron chi connectivity index (χ2n) is 7.49. The van der Waals surface area contributed by atoms with Crippen LogP contribution in [0.1, 0.15) is 31.7 Å². The zero-order valence-corrected chi connectivity index (χ0v) is 16.0. The Hall–Kier alpha value is -2.37. The number of rotatable bonds is 6. The highest BCUT2D eigenvalue weighted by Crippen LogP contribution is 2.24. The zero-order chi connectivity index (χ0) is 19.2. The third kappa shape index (κ3) is 4.87. The van der Waals surface area contributed by atoms with Crippen molar-refractivity contribution < 1.29 is 14.4 Å². The molecule has 3 rings (SSSR count). The van der Waals surface area contributed by atoms with Crippen molar-refractivity contribution in [1.82, 2.24) is 15.1 Å². The van der Waals surface area contributed by atoms with Crippen LogP contribution in [0.5, 0.6) is 0 Å². The largest absolute Gasteiger partial charge is 0.356 e. The molecule has 0 radical (unpaired) electrons. The minimum absolute atomic E-state index is 0.0274. The molecular formula is C21H29N3O3. The summed E-state index contributed by atoms with van der Waals surface area (Å²) in [4.78, 5) is 40.9. The van der Waals surface area contributed by atoms with E-state index in [2.05, 4.69) is 17.4 Å². The van der Waals surface area contributed by atoms with Crippen molar-refractivity contribution in [2.24, 2.45) is 11.8 Å². The Kier molecular flexibility index (Phi) is 6.48. The lowest BCUT2D eigenvalue weighted by Crippen LogP contribution is -2.47. The smallest absolute Gasteiger partial charge is 0.228 e. The fourth-order valence-corrected chi connectivity index (χ4v) is 4.03. The number of carbonyl (C=O) groups is 3. The first-order valence-electron chi connectivity index (χ1n) is 9.96. The number of piperidine rings is 1. The van der Waals surface area contributed by atoms with Crippen LogP contribution >= 0.6 is 0 Å². The van der Waals surface area contributed by atoms with Gasteiger partial charge in [0.25, 0.3) is 0 Å². The first kappa shape index (κ1) is 19.4. The highest BCUT2D eigenvalue weighted by Gasteiger charge is 2.38. The molecule has 2 aliphatic rings. The van der Waals surface area contributed by atoms with Gasteiger partial charge < -0.3 is 15.1 Å². The summed E-state index contributed by atoms with van der Waals surface area (Å²) in [5.41, 5.74) is 1.20. The summed E-state index contributed by atoms with van der Waals surface area (Å²) in [5, 5.41) is 2.85. The van der Waals surface area contributed by atoms with Gasteiger partial charge >= 0.3 is 0 Å². The van der Waals surface area contributed by atoms with Crippen LogP contribution in [0.4, 0.5) is 0 Å². The lowest BCUT2D eigenvalue weighted by molar-refractivity contribution is -0.139. The van der Waals surface area contributed by atoms with Crippen molar-refractivity contribution >= 4 is 17.7 Å². The summed E-state index contributed by atoms with van der Waals surface area (Å²) in [6, 6.07) is 10.1. The average molecular weight is 371 g/mol. The number of likely N-dealkylation sites (tertiary alicyclic amines) is 2. The SMILES string of the molecule is CCNC(=O)C1CCCN(C(=O)C2CC(=O)N(CCc3ccccc3)C2)C1. The molecule has 0 bridgehead atoms. The maximum absolute atomic E-state index is 12.9. The number of amides is 3. The Balaban J connectivity index is 1.53. The van der Waals surface area contributed by atoms with E-state index in [1.54, 1.807) is 9.80 Å². The first-order chi connectivity index (χ1) is 13.1. The maximum Gasteiger partial charge on any atom is 0.228 e. The quantitative estimate of drug-likeness (QED) is 0.823. The van der Waals surface area contributed by atoms with Crippen molar-refractivity contribution in [2.75, 3.05) is 32.7 Å². The maximum atomic E-state index is 12.9. The zero-order valence-electron chi connectivity index (χ0n) is 16.0. The Morgan fingerprint density at radius 3 is 2.67 bits per heavy atom. The molecule has 0 aromatic heterocycles. The Morgan fingerprint density at radius 2 is 1.93 bits per heavy atom. The molecule has 6 nitrogen and oxygen atoms in total. The van der Waals surface area contributed by atoms with E-state index in [0.29, 0.717) is 32.7 Å². The van der Waals surface area contributed by atoms with Gasteiger partial charge in [0, 0.05) is 39.1 Å². The number of nitrogens with zero attached hydrogens (tertiary/aromatic N) is 2. The Bertz CT molecular complexity index is 677. The second kappa shape index (κ2) is 9.02. The molecule has 6 heteroatoms. The van der Waals surface area contributed by atoms with E-state index in [1.807, 2.05) is 25.1 Å². The van der Waals surface area contributed by atoms with Gasteiger partial charge in [-0.05, 0) is 31.7 Å². The molecule has 2 saturated heterocycles. The summed E-state index contributed by atoms with van der Waals surface area (Å²) in [6.45, 7) is 4.80. The van der Waals surface area contributed by atoms with E-state index in [0.717, 1.165) is 19.3 Å². The van der Waals surface area contributed by atoms with E-state index in [1.165, 1.54) is 5.56 Å². The minimum Gasteiger partial charge on any atom is -0.356 e. The Labute approximate surface area is 160 Å². The second-order valence-corrected chi connectivity index (χ2v) is 7.49. The van der Waals surface area contributed by atoms with Crippen LogP contribution in [0.15, 0.2) is 30.3 Å². The van der Waals surface area contributed by atoms with Crippen molar-refractivity contribution in [3.63, 3.8) is 0 Å². The molecule has 2 atom stereocenters. The van der Waals surface area contributed by atoms with Crippen molar-refractivity contribution in [2.45, 2.75) is 32.6 Å². The van der Waals surface area contributed by atoms with Crippen molar-refractivity contribution in [3.05, 3.63) is 35.9 Å². The molecule has 3 amide bonds. The molecule has 1 N–H and O–H groups in total. The molecule has 2 aliphatic heterocycles. The molecule has 2 fully saturated rings. The van der Waals surface area contributed by atoms with Crippen molar-refractivity contribution in [3.8, 4) is 0 Å². The molecular weight excluding hydrogens is 342 g/mol. The van der Waals surface area contributed by atoms with Gasteiger partial charge in [-0.3, -0.25) is 14.4 Å². The van der Waals surface area contributed by atoms with E-state index in [4.69, 9.17) is 0 Å². The number of nitrogens with one attached hydrogen (secondary N) is 1. The molecule has 0 aliphatic carbocycles. The van der Waals surface area contributed by atoms with Gasteiger partial charge in [0.1, 0.15) is 0 Å².